The minimum absolute atomic E-state index is 0.0784. The lowest BCUT2D eigenvalue weighted by atomic mass is 10.1. The highest BCUT2D eigenvalue weighted by atomic mass is 35.5. The van der Waals surface area contributed by atoms with Gasteiger partial charge in [0.25, 0.3) is 0 Å². The zero-order chi connectivity index (χ0) is 17.8. The molecule has 2 aromatic rings. The van der Waals surface area contributed by atoms with Crippen molar-refractivity contribution < 1.29 is 9.53 Å². The number of hydrogen-bond donors (Lipinski definition) is 0. The number of ketones is 1. The molecule has 0 atom stereocenters. The van der Waals surface area contributed by atoms with Gasteiger partial charge in [-0.25, -0.2) is 0 Å². The van der Waals surface area contributed by atoms with Crippen LogP contribution in [0.1, 0.15) is 22.8 Å². The van der Waals surface area contributed by atoms with E-state index in [0.717, 1.165) is 54.6 Å². The molecule has 1 aliphatic rings. The SMILES string of the molecule is COc1ccc(C(C)=O)cc1CN1CCN(c2cccc(Cl)c2)CC1. The number of ether oxygens (including phenoxy) is 1. The molecule has 0 radical (unpaired) electrons. The van der Waals surface area contributed by atoms with Gasteiger partial charge < -0.3 is 9.64 Å². The van der Waals surface area contributed by atoms with Crippen LogP contribution < -0.4 is 9.64 Å². The fourth-order valence-electron chi connectivity index (χ4n) is 3.20. The Morgan fingerprint density at radius 2 is 1.88 bits per heavy atom. The van der Waals surface area contributed by atoms with Gasteiger partial charge in [0, 0.05) is 54.6 Å². The maximum absolute atomic E-state index is 11.6. The number of carbonyl (C=O) groups excluding carboxylic acids is 1. The van der Waals surface area contributed by atoms with Crippen LogP contribution >= 0.6 is 11.6 Å². The molecular formula is C20H23ClN2O2. The van der Waals surface area contributed by atoms with Gasteiger partial charge in [-0.05, 0) is 43.3 Å². The van der Waals surface area contributed by atoms with Gasteiger partial charge in [0.15, 0.2) is 5.78 Å². The van der Waals surface area contributed by atoms with Gasteiger partial charge >= 0.3 is 0 Å². The summed E-state index contributed by atoms with van der Waals surface area (Å²) in [5.41, 5.74) is 2.96. The Labute approximate surface area is 154 Å². The third-order valence-corrected chi connectivity index (χ3v) is 4.86. The lowest BCUT2D eigenvalue weighted by molar-refractivity contribution is 0.101. The number of hydrogen-bond acceptors (Lipinski definition) is 4. The molecule has 0 amide bonds. The minimum atomic E-state index is 0.0784. The highest BCUT2D eigenvalue weighted by Crippen LogP contribution is 2.24. The molecule has 1 heterocycles. The number of halogens is 1. The van der Waals surface area contributed by atoms with Crippen LogP contribution in [0, 0.1) is 0 Å². The van der Waals surface area contributed by atoms with Crippen molar-refractivity contribution in [2.24, 2.45) is 0 Å². The molecule has 0 aliphatic carbocycles. The van der Waals surface area contributed by atoms with Crippen LogP contribution in [0.15, 0.2) is 42.5 Å². The van der Waals surface area contributed by atoms with E-state index < -0.39 is 0 Å². The lowest BCUT2D eigenvalue weighted by Gasteiger charge is -2.36. The van der Waals surface area contributed by atoms with E-state index >= 15 is 0 Å². The third kappa shape index (κ3) is 4.33. The first-order chi connectivity index (χ1) is 12.1. The molecule has 4 nitrogen and oxygen atoms in total. The number of anilines is 1. The number of rotatable bonds is 5. The van der Waals surface area contributed by atoms with Gasteiger partial charge in [-0.3, -0.25) is 9.69 Å². The first-order valence-electron chi connectivity index (χ1n) is 8.47. The molecule has 1 fully saturated rings. The quantitative estimate of drug-likeness (QED) is 0.759. The Kier molecular flexibility index (Phi) is 5.61. The topological polar surface area (TPSA) is 32.8 Å². The Morgan fingerprint density at radius 3 is 2.52 bits per heavy atom. The summed E-state index contributed by atoms with van der Waals surface area (Å²) in [5.74, 6) is 0.914. The second kappa shape index (κ2) is 7.89. The summed E-state index contributed by atoms with van der Waals surface area (Å²) >= 11 is 6.10. The molecule has 2 aromatic carbocycles. The fourth-order valence-corrected chi connectivity index (χ4v) is 3.38. The minimum Gasteiger partial charge on any atom is -0.496 e. The lowest BCUT2D eigenvalue weighted by Crippen LogP contribution is -2.46. The van der Waals surface area contributed by atoms with Crippen molar-refractivity contribution in [1.29, 1.82) is 0 Å². The molecule has 0 spiro atoms. The van der Waals surface area contributed by atoms with Crippen LogP contribution in [-0.4, -0.2) is 44.0 Å². The predicted molar refractivity (Wildman–Crippen MR) is 102 cm³/mol. The molecule has 1 aliphatic heterocycles. The molecular weight excluding hydrogens is 336 g/mol. The summed E-state index contributed by atoms with van der Waals surface area (Å²) in [5, 5.41) is 0.769. The molecule has 0 aromatic heterocycles. The molecule has 0 unspecified atom stereocenters. The van der Waals surface area contributed by atoms with Crippen molar-refractivity contribution >= 4 is 23.1 Å². The number of Topliss-reactive ketones (excluding diaryl/α,β-unsaturated/α-hetero) is 1. The van der Waals surface area contributed by atoms with Crippen molar-refractivity contribution in [1.82, 2.24) is 4.90 Å². The second-order valence-electron chi connectivity index (χ2n) is 6.33. The molecule has 3 rings (SSSR count). The van der Waals surface area contributed by atoms with E-state index in [1.54, 1.807) is 14.0 Å². The van der Waals surface area contributed by atoms with Crippen LogP contribution in [0.4, 0.5) is 5.69 Å². The first kappa shape index (κ1) is 17.8. The molecule has 0 N–H and O–H groups in total. The maximum atomic E-state index is 11.6. The molecule has 0 bridgehead atoms. The summed E-state index contributed by atoms with van der Waals surface area (Å²) in [6.07, 6.45) is 0. The average molecular weight is 359 g/mol. The van der Waals surface area contributed by atoms with E-state index in [4.69, 9.17) is 16.3 Å². The van der Waals surface area contributed by atoms with Gasteiger partial charge in [0.05, 0.1) is 7.11 Å². The average Bonchev–Trinajstić information content (AvgIpc) is 2.62. The molecule has 0 saturated carbocycles. The van der Waals surface area contributed by atoms with Crippen LogP contribution in [0.3, 0.4) is 0 Å². The van der Waals surface area contributed by atoms with E-state index in [1.807, 2.05) is 36.4 Å². The standard InChI is InChI=1S/C20H23ClN2O2/c1-15(24)16-6-7-20(25-2)17(12-16)14-22-8-10-23(11-9-22)19-5-3-4-18(21)13-19/h3-7,12-13H,8-11,14H2,1-2H3. The van der Waals surface area contributed by atoms with E-state index in [9.17, 15) is 4.79 Å². The number of methoxy groups -OCH3 is 1. The van der Waals surface area contributed by atoms with Crippen LogP contribution in [0.2, 0.25) is 5.02 Å². The van der Waals surface area contributed by atoms with E-state index in [1.165, 1.54) is 5.69 Å². The smallest absolute Gasteiger partial charge is 0.159 e. The Morgan fingerprint density at radius 1 is 1.12 bits per heavy atom. The number of benzene rings is 2. The number of piperazine rings is 1. The fraction of sp³-hybridized carbons (Fsp3) is 0.350. The predicted octanol–water partition coefficient (Wildman–Crippen LogP) is 3.87. The molecule has 1 saturated heterocycles. The largest absolute Gasteiger partial charge is 0.496 e. The normalized spacial score (nSPS) is 15.2. The van der Waals surface area contributed by atoms with Crippen molar-refractivity contribution in [3.05, 3.63) is 58.6 Å². The summed E-state index contributed by atoms with van der Waals surface area (Å²) in [4.78, 5) is 16.4. The van der Waals surface area contributed by atoms with Gasteiger partial charge in [0.2, 0.25) is 0 Å². The second-order valence-corrected chi connectivity index (χ2v) is 6.76. The number of nitrogens with zero attached hydrogens (tertiary/aromatic N) is 2. The van der Waals surface area contributed by atoms with Gasteiger partial charge in [-0.15, -0.1) is 0 Å². The maximum Gasteiger partial charge on any atom is 0.159 e. The number of carbonyl (C=O) groups is 1. The van der Waals surface area contributed by atoms with Gasteiger partial charge in [0.1, 0.15) is 5.75 Å². The van der Waals surface area contributed by atoms with Gasteiger partial charge in [-0.2, -0.15) is 0 Å². The summed E-state index contributed by atoms with van der Waals surface area (Å²) in [6.45, 7) is 6.20. The van der Waals surface area contributed by atoms with Crippen molar-refractivity contribution in [2.75, 3.05) is 38.2 Å². The molecule has 25 heavy (non-hydrogen) atoms. The highest BCUT2D eigenvalue weighted by Gasteiger charge is 2.19. The van der Waals surface area contributed by atoms with Crippen LogP contribution in [-0.2, 0) is 6.54 Å². The highest BCUT2D eigenvalue weighted by molar-refractivity contribution is 6.30. The van der Waals surface area contributed by atoms with Gasteiger partial charge in [-0.1, -0.05) is 17.7 Å². The van der Waals surface area contributed by atoms with Crippen LogP contribution in [0.5, 0.6) is 5.75 Å². The first-order valence-corrected chi connectivity index (χ1v) is 8.85. The van der Waals surface area contributed by atoms with E-state index in [0.29, 0.717) is 0 Å². The Bertz CT molecular complexity index is 755. The van der Waals surface area contributed by atoms with Crippen molar-refractivity contribution in [3.8, 4) is 5.75 Å². The summed E-state index contributed by atoms with van der Waals surface area (Å²) in [7, 11) is 1.67. The summed E-state index contributed by atoms with van der Waals surface area (Å²) in [6, 6.07) is 13.6. The Hall–Kier alpha value is -2.04. The third-order valence-electron chi connectivity index (χ3n) is 4.63. The van der Waals surface area contributed by atoms with Crippen molar-refractivity contribution in [3.63, 3.8) is 0 Å². The van der Waals surface area contributed by atoms with E-state index in [-0.39, 0.29) is 5.78 Å². The molecule has 132 valence electrons. The Balaban J connectivity index is 1.66. The zero-order valence-electron chi connectivity index (χ0n) is 14.7. The summed E-state index contributed by atoms with van der Waals surface area (Å²) < 4.78 is 5.46. The van der Waals surface area contributed by atoms with Crippen molar-refractivity contribution in [2.45, 2.75) is 13.5 Å². The van der Waals surface area contributed by atoms with E-state index in [2.05, 4.69) is 15.9 Å². The zero-order valence-corrected chi connectivity index (χ0v) is 15.4. The van der Waals surface area contributed by atoms with Crippen LogP contribution in [0.25, 0.3) is 0 Å². The molecule has 5 heteroatoms. The monoisotopic (exact) mass is 358 g/mol.